The molecule has 1 aromatic carbocycles. The largest absolute Gasteiger partial charge is 0.393 e. The lowest BCUT2D eigenvalue weighted by Gasteiger charge is -2.28. The third-order valence-electron chi connectivity index (χ3n) is 4.21. The van der Waals surface area contributed by atoms with Crippen LogP contribution in [0.15, 0.2) is 24.3 Å². The molecule has 2 unspecified atom stereocenters. The smallest absolute Gasteiger partial charge is 0.251 e. The zero-order chi connectivity index (χ0) is 15.9. The second-order valence-corrected chi connectivity index (χ2v) is 6.49. The highest BCUT2D eigenvalue weighted by Crippen LogP contribution is 2.20. The fourth-order valence-corrected chi connectivity index (χ4v) is 3.01. The molecule has 4 heteroatoms. The predicted octanol–water partition coefficient (Wildman–Crippen LogP) is 2.81. The van der Waals surface area contributed by atoms with Gasteiger partial charge in [-0.2, -0.15) is 0 Å². The summed E-state index contributed by atoms with van der Waals surface area (Å²) in [6.45, 7) is 6.63. The molecular weight excluding hydrogens is 276 g/mol. The number of rotatable bonds is 6. The summed E-state index contributed by atoms with van der Waals surface area (Å²) in [5, 5.41) is 12.3. The van der Waals surface area contributed by atoms with Gasteiger partial charge in [0.2, 0.25) is 0 Å². The highest BCUT2D eigenvalue weighted by Gasteiger charge is 2.13. The number of anilines is 1. The maximum atomic E-state index is 12.1. The number of aliphatic hydroxyl groups is 1. The lowest BCUT2D eigenvalue weighted by Crippen LogP contribution is -2.30. The van der Waals surface area contributed by atoms with Crippen LogP contribution in [0.2, 0.25) is 0 Å². The summed E-state index contributed by atoms with van der Waals surface area (Å²) >= 11 is 0. The number of carbonyl (C=O) groups excluding carboxylic acids is 1. The Morgan fingerprint density at radius 3 is 2.41 bits per heavy atom. The molecule has 2 atom stereocenters. The average molecular weight is 304 g/mol. The molecule has 2 N–H and O–H groups in total. The summed E-state index contributed by atoms with van der Waals surface area (Å²) in [5.74, 6) is 0.235. The van der Waals surface area contributed by atoms with Crippen LogP contribution in [0.25, 0.3) is 0 Å². The van der Waals surface area contributed by atoms with E-state index in [1.807, 2.05) is 31.2 Å². The van der Waals surface area contributed by atoms with E-state index in [9.17, 15) is 9.90 Å². The molecule has 1 fully saturated rings. The number of aliphatic hydroxyl groups excluding tert-OH is 1. The highest BCUT2D eigenvalue weighted by atomic mass is 16.3. The lowest BCUT2D eigenvalue weighted by molar-refractivity contribution is 0.0939. The van der Waals surface area contributed by atoms with Crippen molar-refractivity contribution in [2.75, 3.05) is 24.5 Å². The van der Waals surface area contributed by atoms with Gasteiger partial charge in [-0.3, -0.25) is 4.79 Å². The van der Waals surface area contributed by atoms with E-state index in [2.05, 4.69) is 10.2 Å². The first-order chi connectivity index (χ1) is 10.6. The van der Waals surface area contributed by atoms with E-state index in [1.165, 1.54) is 24.9 Å². The summed E-state index contributed by atoms with van der Waals surface area (Å²) in [4.78, 5) is 14.5. The molecule has 1 saturated heterocycles. The Kier molecular flexibility index (Phi) is 6.25. The van der Waals surface area contributed by atoms with Crippen LogP contribution >= 0.6 is 0 Å². The van der Waals surface area contributed by atoms with Crippen LogP contribution in [0.3, 0.4) is 0 Å². The van der Waals surface area contributed by atoms with Gasteiger partial charge in [0.15, 0.2) is 0 Å². The maximum Gasteiger partial charge on any atom is 0.251 e. The number of amides is 1. The fraction of sp³-hybridized carbons (Fsp3) is 0.611. The molecule has 1 aromatic rings. The van der Waals surface area contributed by atoms with Crippen molar-refractivity contribution < 1.29 is 9.90 Å². The molecule has 1 heterocycles. The molecule has 0 saturated carbocycles. The van der Waals surface area contributed by atoms with Gasteiger partial charge < -0.3 is 15.3 Å². The van der Waals surface area contributed by atoms with Crippen LogP contribution in [0, 0.1) is 5.92 Å². The molecular formula is C18H28N2O2. The summed E-state index contributed by atoms with van der Waals surface area (Å²) < 4.78 is 0. The molecule has 1 amide bonds. The number of hydrogen-bond donors (Lipinski definition) is 2. The minimum absolute atomic E-state index is 0.0392. The average Bonchev–Trinajstić information content (AvgIpc) is 2.53. The van der Waals surface area contributed by atoms with E-state index in [0.29, 0.717) is 18.5 Å². The Morgan fingerprint density at radius 2 is 1.82 bits per heavy atom. The van der Waals surface area contributed by atoms with E-state index in [0.717, 1.165) is 13.1 Å². The van der Waals surface area contributed by atoms with E-state index < -0.39 is 0 Å². The van der Waals surface area contributed by atoms with E-state index in [-0.39, 0.29) is 17.9 Å². The predicted molar refractivity (Wildman–Crippen MR) is 90.3 cm³/mol. The molecule has 0 aromatic heterocycles. The summed E-state index contributed by atoms with van der Waals surface area (Å²) in [6, 6.07) is 7.89. The van der Waals surface area contributed by atoms with E-state index >= 15 is 0 Å². The fourth-order valence-electron chi connectivity index (χ4n) is 3.01. The van der Waals surface area contributed by atoms with Crippen molar-refractivity contribution in [2.45, 2.75) is 45.6 Å². The SMILES string of the molecule is CC(O)CC(C)CNC(=O)c1ccc(N2CCCCC2)cc1. The van der Waals surface area contributed by atoms with E-state index in [4.69, 9.17) is 0 Å². The molecule has 1 aliphatic heterocycles. The van der Waals surface area contributed by atoms with Gasteiger partial charge in [0.1, 0.15) is 0 Å². The van der Waals surface area contributed by atoms with Gasteiger partial charge in [-0.05, 0) is 62.8 Å². The molecule has 0 bridgehead atoms. The van der Waals surface area contributed by atoms with Gasteiger partial charge in [-0.25, -0.2) is 0 Å². The standard InChI is InChI=1S/C18H28N2O2/c1-14(12-15(2)21)13-19-18(22)16-6-8-17(9-7-16)20-10-4-3-5-11-20/h6-9,14-15,21H,3-5,10-13H2,1-2H3,(H,19,22). The van der Waals surface area contributed by atoms with Crippen LogP contribution < -0.4 is 10.2 Å². The number of benzene rings is 1. The summed E-state index contributed by atoms with van der Waals surface area (Å²) in [7, 11) is 0. The van der Waals surface area contributed by atoms with Crippen molar-refractivity contribution in [1.82, 2.24) is 5.32 Å². The second-order valence-electron chi connectivity index (χ2n) is 6.49. The molecule has 22 heavy (non-hydrogen) atoms. The van der Waals surface area contributed by atoms with Crippen molar-refractivity contribution >= 4 is 11.6 Å². The zero-order valence-corrected chi connectivity index (χ0v) is 13.7. The topological polar surface area (TPSA) is 52.6 Å². The Hall–Kier alpha value is -1.55. The third kappa shape index (κ3) is 5.02. The Labute approximate surface area is 133 Å². The number of hydrogen-bond acceptors (Lipinski definition) is 3. The molecule has 2 rings (SSSR count). The zero-order valence-electron chi connectivity index (χ0n) is 13.7. The molecule has 4 nitrogen and oxygen atoms in total. The van der Waals surface area contributed by atoms with Crippen molar-refractivity contribution in [3.8, 4) is 0 Å². The van der Waals surface area contributed by atoms with Gasteiger partial charge in [0, 0.05) is 30.9 Å². The van der Waals surface area contributed by atoms with Crippen LogP contribution in [0.1, 0.15) is 49.9 Å². The normalized spacial score (nSPS) is 17.9. The number of piperidine rings is 1. The van der Waals surface area contributed by atoms with Crippen molar-refractivity contribution in [3.63, 3.8) is 0 Å². The monoisotopic (exact) mass is 304 g/mol. The Bertz CT molecular complexity index is 464. The minimum Gasteiger partial charge on any atom is -0.393 e. The molecule has 0 aliphatic carbocycles. The van der Waals surface area contributed by atoms with Gasteiger partial charge in [-0.15, -0.1) is 0 Å². The Morgan fingerprint density at radius 1 is 1.18 bits per heavy atom. The van der Waals surface area contributed by atoms with E-state index in [1.54, 1.807) is 6.92 Å². The minimum atomic E-state index is -0.323. The van der Waals surface area contributed by atoms with Crippen LogP contribution in [-0.2, 0) is 0 Å². The third-order valence-corrected chi connectivity index (χ3v) is 4.21. The first-order valence-corrected chi connectivity index (χ1v) is 8.37. The number of nitrogens with one attached hydrogen (secondary N) is 1. The Balaban J connectivity index is 1.85. The molecule has 0 radical (unpaired) electrons. The van der Waals surface area contributed by atoms with Crippen LogP contribution in [0.4, 0.5) is 5.69 Å². The number of carbonyl (C=O) groups is 1. The van der Waals surface area contributed by atoms with Gasteiger partial charge in [0.25, 0.3) is 5.91 Å². The van der Waals surface area contributed by atoms with Crippen molar-refractivity contribution in [3.05, 3.63) is 29.8 Å². The molecule has 1 aliphatic rings. The molecule has 122 valence electrons. The molecule has 0 spiro atoms. The summed E-state index contributed by atoms with van der Waals surface area (Å²) in [6.07, 6.45) is 4.21. The van der Waals surface area contributed by atoms with Gasteiger partial charge in [0.05, 0.1) is 6.10 Å². The van der Waals surface area contributed by atoms with Crippen LogP contribution in [-0.4, -0.2) is 36.8 Å². The number of nitrogens with zero attached hydrogens (tertiary/aromatic N) is 1. The first-order valence-electron chi connectivity index (χ1n) is 8.37. The van der Waals surface area contributed by atoms with Crippen molar-refractivity contribution in [2.24, 2.45) is 5.92 Å². The van der Waals surface area contributed by atoms with Gasteiger partial charge in [-0.1, -0.05) is 6.92 Å². The quantitative estimate of drug-likeness (QED) is 0.849. The highest BCUT2D eigenvalue weighted by molar-refractivity contribution is 5.94. The van der Waals surface area contributed by atoms with Crippen molar-refractivity contribution in [1.29, 1.82) is 0 Å². The van der Waals surface area contributed by atoms with Gasteiger partial charge >= 0.3 is 0 Å². The second kappa shape index (κ2) is 8.18. The first kappa shape index (κ1) is 16.8. The summed E-state index contributed by atoms with van der Waals surface area (Å²) in [5.41, 5.74) is 1.91. The lowest BCUT2D eigenvalue weighted by atomic mass is 10.0. The maximum absolute atomic E-state index is 12.1. The van der Waals surface area contributed by atoms with Crippen LogP contribution in [0.5, 0.6) is 0 Å².